The first-order valence-corrected chi connectivity index (χ1v) is 10.5. The zero-order valence-electron chi connectivity index (χ0n) is 18.0. The van der Waals surface area contributed by atoms with Crippen LogP contribution in [0.25, 0.3) is 11.0 Å². The second kappa shape index (κ2) is 10.3. The van der Waals surface area contributed by atoms with E-state index >= 15 is 0 Å². The van der Waals surface area contributed by atoms with E-state index in [1.165, 1.54) is 6.07 Å². The van der Waals surface area contributed by atoms with Crippen molar-refractivity contribution < 1.29 is 24.2 Å². The van der Waals surface area contributed by atoms with Gasteiger partial charge in [0.2, 0.25) is 5.91 Å². The molecule has 2 amide bonds. The monoisotopic (exact) mass is 458 g/mol. The molecule has 0 fully saturated rings. The molecule has 0 aliphatic heterocycles. The molecule has 34 heavy (non-hydrogen) atoms. The van der Waals surface area contributed by atoms with Crippen molar-refractivity contribution in [1.82, 2.24) is 14.9 Å². The maximum Gasteiger partial charge on any atom is 0.408 e. The number of alkyl carbamates (subject to hydrolysis) is 1. The SMILES string of the molecule is O=C(Cn1cnc2ccccc21)Nc1cccc([C@H](NC(=O)OCc2ccccc2)C(=O)O)c1. The third-order valence-electron chi connectivity index (χ3n) is 5.07. The van der Waals surface area contributed by atoms with E-state index in [2.05, 4.69) is 15.6 Å². The predicted octanol–water partition coefficient (Wildman–Crippen LogP) is 3.73. The molecule has 172 valence electrons. The molecule has 0 spiro atoms. The van der Waals surface area contributed by atoms with Gasteiger partial charge in [-0.05, 0) is 35.4 Å². The number of nitrogens with one attached hydrogen (secondary N) is 2. The molecule has 3 aromatic carbocycles. The van der Waals surface area contributed by atoms with Gasteiger partial charge in [-0.2, -0.15) is 0 Å². The van der Waals surface area contributed by atoms with Gasteiger partial charge in [-0.3, -0.25) is 4.79 Å². The first kappa shape index (κ1) is 22.5. The van der Waals surface area contributed by atoms with Crippen molar-refractivity contribution in [2.45, 2.75) is 19.2 Å². The maximum absolute atomic E-state index is 12.6. The minimum absolute atomic E-state index is 0.0119. The summed E-state index contributed by atoms with van der Waals surface area (Å²) in [5.74, 6) is -1.56. The summed E-state index contributed by atoms with van der Waals surface area (Å²) in [5.41, 5.74) is 3.08. The summed E-state index contributed by atoms with van der Waals surface area (Å²) in [7, 11) is 0. The third kappa shape index (κ3) is 5.57. The molecule has 1 aromatic heterocycles. The highest BCUT2D eigenvalue weighted by Gasteiger charge is 2.23. The van der Waals surface area contributed by atoms with Crippen LogP contribution in [0.4, 0.5) is 10.5 Å². The molecular formula is C25H22N4O5. The second-order valence-electron chi connectivity index (χ2n) is 7.51. The number of rotatable bonds is 8. The van der Waals surface area contributed by atoms with E-state index in [-0.39, 0.29) is 24.6 Å². The quantitative estimate of drug-likeness (QED) is 0.370. The Morgan fingerprint density at radius 2 is 1.74 bits per heavy atom. The number of amides is 2. The Bertz CT molecular complexity index is 1320. The van der Waals surface area contributed by atoms with Crippen molar-refractivity contribution in [2.75, 3.05) is 5.32 Å². The number of aromatic nitrogens is 2. The van der Waals surface area contributed by atoms with Gasteiger partial charge in [-0.1, -0.05) is 54.6 Å². The van der Waals surface area contributed by atoms with Crippen molar-refractivity contribution in [3.05, 3.63) is 96.3 Å². The number of aliphatic carboxylic acids is 1. The van der Waals surface area contributed by atoms with Crippen LogP contribution in [-0.2, 0) is 27.5 Å². The third-order valence-corrected chi connectivity index (χ3v) is 5.07. The number of benzene rings is 3. The summed E-state index contributed by atoms with van der Waals surface area (Å²) in [6, 6.07) is 21.5. The minimum atomic E-state index is -1.35. The Hall–Kier alpha value is -4.66. The lowest BCUT2D eigenvalue weighted by molar-refractivity contribution is -0.139. The van der Waals surface area contributed by atoms with Crippen molar-refractivity contribution >= 4 is 34.7 Å². The molecule has 4 rings (SSSR count). The van der Waals surface area contributed by atoms with Crippen molar-refractivity contribution in [1.29, 1.82) is 0 Å². The maximum atomic E-state index is 12.6. The van der Waals surface area contributed by atoms with Crippen LogP contribution >= 0.6 is 0 Å². The highest BCUT2D eigenvalue weighted by Crippen LogP contribution is 2.19. The van der Waals surface area contributed by atoms with Gasteiger partial charge in [0, 0.05) is 5.69 Å². The lowest BCUT2D eigenvalue weighted by Crippen LogP contribution is -2.34. The zero-order valence-corrected chi connectivity index (χ0v) is 18.0. The largest absolute Gasteiger partial charge is 0.479 e. The average molecular weight is 458 g/mol. The second-order valence-corrected chi connectivity index (χ2v) is 7.51. The number of fused-ring (bicyclic) bond motifs is 1. The van der Waals surface area contributed by atoms with E-state index in [1.54, 1.807) is 41.2 Å². The molecule has 4 aromatic rings. The normalized spacial score (nSPS) is 11.5. The van der Waals surface area contributed by atoms with Gasteiger partial charge in [-0.15, -0.1) is 0 Å². The number of hydrogen-bond donors (Lipinski definition) is 3. The molecule has 3 N–H and O–H groups in total. The smallest absolute Gasteiger partial charge is 0.408 e. The molecule has 0 saturated heterocycles. The molecular weight excluding hydrogens is 436 g/mol. The molecule has 9 nitrogen and oxygen atoms in total. The molecule has 0 radical (unpaired) electrons. The van der Waals surface area contributed by atoms with Gasteiger partial charge in [0.05, 0.1) is 17.4 Å². The molecule has 0 saturated carbocycles. The number of imidazole rings is 1. The number of ether oxygens (including phenoxy) is 1. The summed E-state index contributed by atoms with van der Waals surface area (Å²) >= 11 is 0. The van der Waals surface area contributed by atoms with E-state index in [4.69, 9.17) is 4.74 Å². The minimum Gasteiger partial charge on any atom is -0.479 e. The van der Waals surface area contributed by atoms with Crippen molar-refractivity contribution in [2.24, 2.45) is 0 Å². The van der Waals surface area contributed by atoms with Crippen LogP contribution in [0.1, 0.15) is 17.2 Å². The highest BCUT2D eigenvalue weighted by molar-refractivity contribution is 5.92. The molecule has 0 unspecified atom stereocenters. The van der Waals surface area contributed by atoms with Gasteiger partial charge >= 0.3 is 12.1 Å². The number of para-hydroxylation sites is 2. The van der Waals surface area contributed by atoms with Gasteiger partial charge in [0.1, 0.15) is 13.2 Å². The van der Waals surface area contributed by atoms with E-state index < -0.39 is 18.1 Å². The number of hydrogen-bond acceptors (Lipinski definition) is 5. The van der Waals surface area contributed by atoms with Crippen LogP contribution < -0.4 is 10.6 Å². The van der Waals surface area contributed by atoms with E-state index in [1.807, 2.05) is 42.5 Å². The summed E-state index contributed by atoms with van der Waals surface area (Å²) < 4.78 is 6.85. The number of carboxylic acid groups (broad SMARTS) is 1. The zero-order chi connectivity index (χ0) is 23.9. The highest BCUT2D eigenvalue weighted by atomic mass is 16.5. The molecule has 1 heterocycles. The molecule has 0 aliphatic rings. The fourth-order valence-corrected chi connectivity index (χ4v) is 3.46. The number of carboxylic acids is 1. The van der Waals surface area contributed by atoms with Gasteiger partial charge in [0.15, 0.2) is 6.04 Å². The van der Waals surface area contributed by atoms with Crippen molar-refractivity contribution in [3.63, 3.8) is 0 Å². The van der Waals surface area contributed by atoms with Crippen LogP contribution in [0, 0.1) is 0 Å². The fourth-order valence-electron chi connectivity index (χ4n) is 3.46. The Kier molecular flexibility index (Phi) is 6.83. The topological polar surface area (TPSA) is 123 Å². The summed E-state index contributed by atoms with van der Waals surface area (Å²) in [4.78, 5) is 40.8. The summed E-state index contributed by atoms with van der Waals surface area (Å²) in [5, 5.41) is 14.7. The number of nitrogens with zero attached hydrogens (tertiary/aromatic N) is 2. The first-order chi connectivity index (χ1) is 16.5. The first-order valence-electron chi connectivity index (χ1n) is 10.5. The number of carbonyl (C=O) groups excluding carboxylic acids is 2. The Balaban J connectivity index is 1.40. The summed E-state index contributed by atoms with van der Waals surface area (Å²) in [6.45, 7) is 0.0508. The lowest BCUT2D eigenvalue weighted by atomic mass is 10.1. The molecule has 0 aliphatic carbocycles. The summed E-state index contributed by atoms with van der Waals surface area (Å²) in [6.07, 6.45) is 0.726. The Morgan fingerprint density at radius 3 is 2.53 bits per heavy atom. The average Bonchev–Trinajstić information content (AvgIpc) is 3.24. The van der Waals surface area contributed by atoms with Crippen molar-refractivity contribution in [3.8, 4) is 0 Å². The Labute approximate surface area is 195 Å². The van der Waals surface area contributed by atoms with E-state index in [0.717, 1.165) is 16.6 Å². The van der Waals surface area contributed by atoms with Crippen LogP contribution in [0.3, 0.4) is 0 Å². The van der Waals surface area contributed by atoms with Gasteiger partial charge < -0.3 is 25.0 Å². The molecule has 9 heteroatoms. The van der Waals surface area contributed by atoms with Crippen LogP contribution in [0.5, 0.6) is 0 Å². The number of carbonyl (C=O) groups is 3. The van der Waals surface area contributed by atoms with Gasteiger partial charge in [0.25, 0.3) is 0 Å². The van der Waals surface area contributed by atoms with Crippen LogP contribution in [0.2, 0.25) is 0 Å². The number of anilines is 1. The molecule has 1 atom stereocenters. The molecule has 0 bridgehead atoms. The van der Waals surface area contributed by atoms with E-state index in [0.29, 0.717) is 5.69 Å². The Morgan fingerprint density at radius 1 is 0.971 bits per heavy atom. The lowest BCUT2D eigenvalue weighted by Gasteiger charge is -2.16. The predicted molar refractivity (Wildman–Crippen MR) is 125 cm³/mol. The standard InChI is InChI=1S/C25H22N4O5/c30-22(14-29-16-26-20-11-4-5-12-21(20)29)27-19-10-6-9-18(13-19)23(24(31)32)28-25(33)34-15-17-7-2-1-3-8-17/h1-13,16,23H,14-15H2,(H,27,30)(H,28,33)(H,31,32)/t23-/m0/s1. The van der Waals surface area contributed by atoms with Crippen LogP contribution in [0.15, 0.2) is 85.2 Å². The van der Waals surface area contributed by atoms with Gasteiger partial charge in [-0.25, -0.2) is 14.6 Å². The van der Waals surface area contributed by atoms with Crippen LogP contribution in [-0.4, -0.2) is 32.6 Å². The fraction of sp³-hybridized carbons (Fsp3) is 0.120. The van der Waals surface area contributed by atoms with E-state index in [9.17, 15) is 19.5 Å².